The van der Waals surface area contributed by atoms with Crippen molar-refractivity contribution in [3.05, 3.63) is 87.0 Å². The molecule has 0 atom stereocenters. The molecule has 2 heterocycles. The SMILES string of the molecule is Cc1cc(C)cc(Cc2nc(Sc3ccc4[nH]ccc4c3)[nH]c(=O)c2C)c1. The molecule has 0 aliphatic carbocycles. The molecule has 0 saturated carbocycles. The number of rotatable bonds is 4. The summed E-state index contributed by atoms with van der Waals surface area (Å²) < 4.78 is 0. The second-order valence-corrected chi connectivity index (χ2v) is 8.01. The lowest BCUT2D eigenvalue weighted by molar-refractivity contribution is 0.858. The molecule has 0 spiro atoms. The summed E-state index contributed by atoms with van der Waals surface area (Å²) >= 11 is 1.48. The van der Waals surface area contributed by atoms with Gasteiger partial charge in [-0.25, -0.2) is 4.98 Å². The van der Waals surface area contributed by atoms with Crippen molar-refractivity contribution in [3.63, 3.8) is 0 Å². The summed E-state index contributed by atoms with van der Waals surface area (Å²) in [5.41, 5.74) is 6.16. The highest BCUT2D eigenvalue weighted by atomic mass is 32.2. The molecule has 2 aromatic carbocycles. The van der Waals surface area contributed by atoms with Crippen molar-refractivity contribution in [1.82, 2.24) is 15.0 Å². The number of nitrogens with one attached hydrogen (secondary N) is 2. The van der Waals surface area contributed by atoms with E-state index in [0.29, 0.717) is 17.1 Å². The van der Waals surface area contributed by atoms with Gasteiger partial charge in [-0.2, -0.15) is 0 Å². The van der Waals surface area contributed by atoms with E-state index in [1.54, 1.807) is 0 Å². The quantitative estimate of drug-likeness (QED) is 0.498. The fourth-order valence-electron chi connectivity index (χ4n) is 3.35. The van der Waals surface area contributed by atoms with Gasteiger partial charge in [0.15, 0.2) is 5.16 Å². The molecule has 27 heavy (non-hydrogen) atoms. The molecule has 0 fully saturated rings. The lowest BCUT2D eigenvalue weighted by Gasteiger charge is -2.09. The standard InChI is InChI=1S/C22H21N3OS/c1-13-8-14(2)10-16(9-13)11-20-15(3)21(26)25-22(24-20)27-18-4-5-19-17(12-18)6-7-23-19/h4-10,12,23H,11H2,1-3H3,(H,24,25,26). The molecule has 0 bridgehead atoms. The maximum atomic E-state index is 12.4. The van der Waals surface area contributed by atoms with E-state index in [4.69, 9.17) is 4.98 Å². The Balaban J connectivity index is 1.67. The Morgan fingerprint density at radius 2 is 1.78 bits per heavy atom. The number of hydrogen-bond acceptors (Lipinski definition) is 3. The predicted octanol–water partition coefficient (Wildman–Crippen LogP) is 4.92. The summed E-state index contributed by atoms with van der Waals surface area (Å²) in [5.74, 6) is 0. The zero-order valence-electron chi connectivity index (χ0n) is 15.6. The molecule has 0 unspecified atom stereocenters. The van der Waals surface area contributed by atoms with Crippen LogP contribution in [-0.4, -0.2) is 15.0 Å². The summed E-state index contributed by atoms with van der Waals surface area (Å²) in [6, 6.07) is 14.7. The van der Waals surface area contributed by atoms with Crippen molar-refractivity contribution in [2.45, 2.75) is 37.2 Å². The normalized spacial score (nSPS) is 11.2. The molecule has 136 valence electrons. The lowest BCUT2D eigenvalue weighted by atomic mass is 10.0. The number of aromatic amines is 2. The van der Waals surface area contributed by atoms with Gasteiger partial charge >= 0.3 is 0 Å². The molecule has 0 aliphatic rings. The summed E-state index contributed by atoms with van der Waals surface area (Å²) in [6.07, 6.45) is 2.58. The number of aromatic nitrogens is 3. The first-order valence-corrected chi connectivity index (χ1v) is 9.71. The van der Waals surface area contributed by atoms with E-state index in [-0.39, 0.29) is 5.56 Å². The van der Waals surface area contributed by atoms with Crippen molar-refractivity contribution in [1.29, 1.82) is 0 Å². The summed E-state index contributed by atoms with van der Waals surface area (Å²) in [5, 5.41) is 1.77. The molecule has 0 amide bonds. The predicted molar refractivity (Wildman–Crippen MR) is 111 cm³/mol. The third-order valence-electron chi connectivity index (χ3n) is 4.62. The Labute approximate surface area is 162 Å². The molecule has 5 heteroatoms. The number of nitrogens with zero attached hydrogens (tertiary/aromatic N) is 1. The minimum atomic E-state index is -0.0744. The van der Waals surface area contributed by atoms with Crippen LogP contribution in [0.2, 0.25) is 0 Å². The van der Waals surface area contributed by atoms with Gasteiger partial charge in [0.25, 0.3) is 5.56 Å². The van der Waals surface area contributed by atoms with Crippen molar-refractivity contribution in [2.75, 3.05) is 0 Å². The molecule has 0 saturated heterocycles. The van der Waals surface area contributed by atoms with E-state index in [9.17, 15) is 4.79 Å². The van der Waals surface area contributed by atoms with Gasteiger partial charge in [-0.15, -0.1) is 0 Å². The van der Waals surface area contributed by atoms with Crippen LogP contribution in [0.3, 0.4) is 0 Å². The Morgan fingerprint density at radius 1 is 1.00 bits per heavy atom. The average molecular weight is 375 g/mol. The number of aryl methyl sites for hydroxylation is 2. The fraction of sp³-hybridized carbons (Fsp3) is 0.182. The van der Waals surface area contributed by atoms with E-state index >= 15 is 0 Å². The largest absolute Gasteiger partial charge is 0.361 e. The van der Waals surface area contributed by atoms with E-state index in [0.717, 1.165) is 21.5 Å². The third kappa shape index (κ3) is 3.83. The highest BCUT2D eigenvalue weighted by Crippen LogP contribution is 2.27. The zero-order chi connectivity index (χ0) is 19.0. The average Bonchev–Trinajstić information content (AvgIpc) is 3.06. The van der Waals surface area contributed by atoms with Gasteiger partial charge in [0.1, 0.15) is 0 Å². The van der Waals surface area contributed by atoms with Crippen molar-refractivity contribution >= 4 is 22.7 Å². The Morgan fingerprint density at radius 3 is 2.56 bits per heavy atom. The second kappa shape index (κ2) is 7.08. The van der Waals surface area contributed by atoms with Gasteiger partial charge in [-0.05, 0) is 50.6 Å². The van der Waals surface area contributed by atoms with Crippen LogP contribution in [0.5, 0.6) is 0 Å². The Kier molecular flexibility index (Phi) is 4.62. The molecule has 4 aromatic rings. The third-order valence-corrected chi connectivity index (χ3v) is 5.50. The van der Waals surface area contributed by atoms with Gasteiger partial charge < -0.3 is 9.97 Å². The lowest BCUT2D eigenvalue weighted by Crippen LogP contribution is -2.16. The highest BCUT2D eigenvalue weighted by molar-refractivity contribution is 7.99. The first-order chi connectivity index (χ1) is 13.0. The summed E-state index contributed by atoms with van der Waals surface area (Å²) in [7, 11) is 0. The Bertz CT molecular complexity index is 1170. The van der Waals surface area contributed by atoms with Crippen LogP contribution >= 0.6 is 11.8 Å². The minimum absolute atomic E-state index is 0.0744. The fourth-order valence-corrected chi connectivity index (χ4v) is 4.19. The monoisotopic (exact) mass is 375 g/mol. The molecule has 4 nitrogen and oxygen atoms in total. The first-order valence-electron chi connectivity index (χ1n) is 8.90. The second-order valence-electron chi connectivity index (χ2n) is 6.94. The van der Waals surface area contributed by atoms with Crippen molar-refractivity contribution in [2.24, 2.45) is 0 Å². The van der Waals surface area contributed by atoms with Crippen LogP contribution in [-0.2, 0) is 6.42 Å². The molecular weight excluding hydrogens is 354 g/mol. The minimum Gasteiger partial charge on any atom is -0.361 e. The van der Waals surface area contributed by atoms with E-state index in [1.807, 2.05) is 31.3 Å². The van der Waals surface area contributed by atoms with E-state index < -0.39 is 0 Å². The van der Waals surface area contributed by atoms with Gasteiger partial charge in [-0.1, -0.05) is 41.1 Å². The molecule has 4 rings (SSSR count). The molecular formula is C22H21N3OS. The smallest absolute Gasteiger partial charge is 0.254 e. The molecule has 0 aliphatic heterocycles. The van der Waals surface area contributed by atoms with Crippen LogP contribution < -0.4 is 5.56 Å². The number of fused-ring (bicyclic) bond motifs is 1. The van der Waals surface area contributed by atoms with Crippen molar-refractivity contribution < 1.29 is 0 Å². The summed E-state index contributed by atoms with van der Waals surface area (Å²) in [4.78, 5) is 24.3. The van der Waals surface area contributed by atoms with Gasteiger partial charge in [0.05, 0.1) is 5.69 Å². The summed E-state index contributed by atoms with van der Waals surface area (Å²) in [6.45, 7) is 6.02. The molecule has 2 aromatic heterocycles. The maximum Gasteiger partial charge on any atom is 0.254 e. The molecule has 0 radical (unpaired) electrons. The van der Waals surface area contributed by atoms with Gasteiger partial charge in [-0.3, -0.25) is 4.79 Å². The molecule has 2 N–H and O–H groups in total. The Hall–Kier alpha value is -2.79. The van der Waals surface area contributed by atoms with E-state index in [1.165, 1.54) is 28.5 Å². The van der Waals surface area contributed by atoms with Crippen LogP contribution in [0, 0.1) is 20.8 Å². The van der Waals surface area contributed by atoms with Gasteiger partial charge in [0.2, 0.25) is 0 Å². The van der Waals surface area contributed by atoms with Crippen molar-refractivity contribution in [3.8, 4) is 0 Å². The number of hydrogen-bond donors (Lipinski definition) is 2. The van der Waals surface area contributed by atoms with E-state index in [2.05, 4.69) is 48.1 Å². The number of H-pyrrole nitrogens is 2. The highest BCUT2D eigenvalue weighted by Gasteiger charge is 2.11. The number of benzene rings is 2. The van der Waals surface area contributed by atoms with Crippen LogP contribution in [0.4, 0.5) is 0 Å². The zero-order valence-corrected chi connectivity index (χ0v) is 16.4. The maximum absolute atomic E-state index is 12.4. The van der Waals surface area contributed by atoms with Gasteiger partial charge in [0, 0.05) is 34.0 Å². The van der Waals surface area contributed by atoms with Crippen LogP contribution in [0.15, 0.2) is 63.5 Å². The first kappa shape index (κ1) is 17.6. The van der Waals surface area contributed by atoms with Crippen LogP contribution in [0.25, 0.3) is 10.9 Å². The topological polar surface area (TPSA) is 61.5 Å². The van der Waals surface area contributed by atoms with Crippen LogP contribution in [0.1, 0.15) is 27.9 Å².